The number of hydrogen-bond acceptors (Lipinski definition) is 1. The van der Waals surface area contributed by atoms with Gasteiger partial charge in [-0.25, -0.2) is 0 Å². The van der Waals surface area contributed by atoms with Crippen molar-refractivity contribution in [1.82, 2.24) is 0 Å². The molecule has 0 radical (unpaired) electrons. The Morgan fingerprint density at radius 2 is 2.18 bits per heavy atom. The van der Waals surface area contributed by atoms with Crippen LogP contribution in [0.3, 0.4) is 0 Å². The highest BCUT2D eigenvalue weighted by atomic mass is 14.9. The van der Waals surface area contributed by atoms with Gasteiger partial charge in [0.25, 0.3) is 0 Å². The average Bonchev–Trinajstić information content (AvgIpc) is 2.39. The standard InChI is InChI=1S/C16H23N/c1-4-7-9-15(6-3)13-17-16-11-8-10-14(5-2)12-16/h2,8,10-12,15,17H,4,6-7,9,13H2,1,3H3. The molecule has 0 heterocycles. The first-order valence-electron chi connectivity index (χ1n) is 6.60. The second-order valence-electron chi connectivity index (χ2n) is 4.52. The van der Waals surface area contributed by atoms with E-state index in [0.717, 1.165) is 23.7 Å². The molecule has 1 rings (SSSR count). The fraction of sp³-hybridized carbons (Fsp3) is 0.500. The highest BCUT2D eigenvalue weighted by Gasteiger charge is 2.05. The van der Waals surface area contributed by atoms with E-state index in [-0.39, 0.29) is 0 Å². The van der Waals surface area contributed by atoms with Gasteiger partial charge in [-0.2, -0.15) is 0 Å². The van der Waals surface area contributed by atoms with E-state index in [0.29, 0.717) is 0 Å². The van der Waals surface area contributed by atoms with E-state index < -0.39 is 0 Å². The minimum Gasteiger partial charge on any atom is -0.385 e. The summed E-state index contributed by atoms with van der Waals surface area (Å²) in [7, 11) is 0. The fourth-order valence-corrected chi connectivity index (χ4v) is 1.92. The molecule has 0 aliphatic heterocycles. The van der Waals surface area contributed by atoms with Crippen molar-refractivity contribution in [3.63, 3.8) is 0 Å². The lowest BCUT2D eigenvalue weighted by atomic mass is 9.99. The van der Waals surface area contributed by atoms with Gasteiger partial charge in [0, 0.05) is 17.8 Å². The van der Waals surface area contributed by atoms with Crippen LogP contribution in [0.15, 0.2) is 24.3 Å². The quantitative estimate of drug-likeness (QED) is 0.687. The van der Waals surface area contributed by atoms with Gasteiger partial charge in [0.15, 0.2) is 0 Å². The first kappa shape index (κ1) is 13.6. The van der Waals surface area contributed by atoms with Crippen LogP contribution >= 0.6 is 0 Å². The average molecular weight is 229 g/mol. The zero-order chi connectivity index (χ0) is 12.5. The zero-order valence-corrected chi connectivity index (χ0v) is 11.0. The summed E-state index contributed by atoms with van der Waals surface area (Å²) in [5.41, 5.74) is 2.08. The second kappa shape index (κ2) is 7.79. The lowest BCUT2D eigenvalue weighted by Crippen LogP contribution is -2.13. The van der Waals surface area contributed by atoms with Gasteiger partial charge in [-0.1, -0.05) is 45.1 Å². The van der Waals surface area contributed by atoms with Crippen LogP contribution in [0.5, 0.6) is 0 Å². The monoisotopic (exact) mass is 229 g/mol. The van der Waals surface area contributed by atoms with E-state index in [1.807, 2.05) is 18.2 Å². The zero-order valence-electron chi connectivity index (χ0n) is 11.0. The van der Waals surface area contributed by atoms with Crippen LogP contribution in [0, 0.1) is 18.3 Å². The number of rotatable bonds is 7. The summed E-state index contributed by atoms with van der Waals surface area (Å²) in [5, 5.41) is 3.48. The normalized spacial score (nSPS) is 11.8. The van der Waals surface area contributed by atoms with E-state index in [9.17, 15) is 0 Å². The number of terminal acetylenes is 1. The van der Waals surface area contributed by atoms with Crippen molar-refractivity contribution in [3.8, 4) is 12.3 Å². The van der Waals surface area contributed by atoms with Crippen LogP contribution in [0.4, 0.5) is 5.69 Å². The molecule has 0 aliphatic carbocycles. The van der Waals surface area contributed by atoms with Crippen molar-refractivity contribution in [2.75, 3.05) is 11.9 Å². The fourth-order valence-electron chi connectivity index (χ4n) is 1.92. The summed E-state index contributed by atoms with van der Waals surface area (Å²) >= 11 is 0. The molecule has 0 amide bonds. The number of hydrogen-bond donors (Lipinski definition) is 1. The Morgan fingerprint density at radius 1 is 1.35 bits per heavy atom. The number of benzene rings is 1. The van der Waals surface area contributed by atoms with Crippen LogP contribution in [0.2, 0.25) is 0 Å². The Hall–Kier alpha value is -1.42. The predicted octanol–water partition coefficient (Wildman–Crippen LogP) is 4.30. The van der Waals surface area contributed by atoms with Crippen LogP contribution < -0.4 is 5.32 Å². The maximum atomic E-state index is 5.39. The number of unbranched alkanes of at least 4 members (excludes halogenated alkanes) is 1. The lowest BCUT2D eigenvalue weighted by Gasteiger charge is -2.16. The van der Waals surface area contributed by atoms with E-state index in [1.165, 1.54) is 25.7 Å². The molecule has 1 heteroatoms. The molecule has 0 fully saturated rings. The van der Waals surface area contributed by atoms with Gasteiger partial charge in [0.05, 0.1) is 0 Å². The maximum absolute atomic E-state index is 5.39. The first-order valence-corrected chi connectivity index (χ1v) is 6.60. The third-order valence-electron chi connectivity index (χ3n) is 3.17. The maximum Gasteiger partial charge on any atom is 0.0352 e. The summed E-state index contributed by atoms with van der Waals surface area (Å²) < 4.78 is 0. The Balaban J connectivity index is 2.45. The molecule has 92 valence electrons. The molecule has 1 N–H and O–H groups in total. The molecule has 0 saturated heterocycles. The largest absolute Gasteiger partial charge is 0.385 e. The molecule has 0 spiro atoms. The lowest BCUT2D eigenvalue weighted by molar-refractivity contribution is 0.473. The Bertz CT molecular complexity index is 362. The summed E-state index contributed by atoms with van der Waals surface area (Å²) in [6.07, 6.45) is 10.5. The summed E-state index contributed by atoms with van der Waals surface area (Å²) in [4.78, 5) is 0. The van der Waals surface area contributed by atoms with E-state index in [1.54, 1.807) is 0 Å². The van der Waals surface area contributed by atoms with Crippen LogP contribution in [0.1, 0.15) is 45.1 Å². The van der Waals surface area contributed by atoms with Gasteiger partial charge in [0.1, 0.15) is 0 Å². The minimum absolute atomic E-state index is 0.768. The molecule has 0 saturated carbocycles. The van der Waals surface area contributed by atoms with Gasteiger partial charge in [-0.3, -0.25) is 0 Å². The molecule has 0 bridgehead atoms. The molecule has 1 atom stereocenters. The van der Waals surface area contributed by atoms with Gasteiger partial charge in [0.2, 0.25) is 0 Å². The van der Waals surface area contributed by atoms with Gasteiger partial charge < -0.3 is 5.32 Å². The first-order chi connectivity index (χ1) is 8.30. The number of anilines is 1. The molecule has 0 aliphatic rings. The highest BCUT2D eigenvalue weighted by Crippen LogP contribution is 2.15. The van der Waals surface area contributed by atoms with Crippen LogP contribution in [0.25, 0.3) is 0 Å². The Morgan fingerprint density at radius 3 is 2.82 bits per heavy atom. The molecule has 17 heavy (non-hydrogen) atoms. The molecular weight excluding hydrogens is 206 g/mol. The topological polar surface area (TPSA) is 12.0 Å². The van der Waals surface area contributed by atoms with E-state index in [2.05, 4.69) is 31.2 Å². The predicted molar refractivity (Wildman–Crippen MR) is 76.2 cm³/mol. The third kappa shape index (κ3) is 4.95. The second-order valence-corrected chi connectivity index (χ2v) is 4.52. The van der Waals surface area contributed by atoms with Crippen molar-refractivity contribution in [3.05, 3.63) is 29.8 Å². The Labute approximate surface area is 106 Å². The van der Waals surface area contributed by atoms with Crippen LogP contribution in [-0.2, 0) is 0 Å². The van der Waals surface area contributed by atoms with Crippen molar-refractivity contribution in [1.29, 1.82) is 0 Å². The van der Waals surface area contributed by atoms with Gasteiger partial charge in [-0.15, -0.1) is 6.42 Å². The van der Waals surface area contributed by atoms with Crippen molar-refractivity contribution < 1.29 is 0 Å². The Kier molecular flexibility index (Phi) is 6.25. The number of nitrogens with one attached hydrogen (secondary N) is 1. The van der Waals surface area contributed by atoms with Gasteiger partial charge >= 0.3 is 0 Å². The van der Waals surface area contributed by atoms with E-state index in [4.69, 9.17) is 6.42 Å². The van der Waals surface area contributed by atoms with Crippen molar-refractivity contribution >= 4 is 5.69 Å². The van der Waals surface area contributed by atoms with Crippen LogP contribution in [-0.4, -0.2) is 6.54 Å². The summed E-state index contributed by atoms with van der Waals surface area (Å²) in [5.74, 6) is 3.43. The summed E-state index contributed by atoms with van der Waals surface area (Å²) in [6, 6.07) is 8.07. The van der Waals surface area contributed by atoms with Crippen molar-refractivity contribution in [2.45, 2.75) is 39.5 Å². The van der Waals surface area contributed by atoms with Gasteiger partial charge in [-0.05, 0) is 30.5 Å². The minimum atomic E-state index is 0.768. The highest BCUT2D eigenvalue weighted by molar-refractivity contribution is 5.49. The van der Waals surface area contributed by atoms with E-state index >= 15 is 0 Å². The molecule has 1 aromatic carbocycles. The SMILES string of the molecule is C#Cc1cccc(NCC(CC)CCCC)c1. The summed E-state index contributed by atoms with van der Waals surface area (Å²) in [6.45, 7) is 5.56. The molecule has 0 aromatic heterocycles. The third-order valence-corrected chi connectivity index (χ3v) is 3.17. The molecular formula is C16H23N. The molecule has 1 nitrogen and oxygen atoms in total. The molecule has 1 unspecified atom stereocenters. The molecule has 1 aromatic rings. The van der Waals surface area contributed by atoms with Crippen molar-refractivity contribution in [2.24, 2.45) is 5.92 Å². The smallest absolute Gasteiger partial charge is 0.0352 e.